The molecule has 2 rings (SSSR count). The molecule has 0 radical (unpaired) electrons. The quantitative estimate of drug-likeness (QED) is 0.402. The number of hydrogen-bond donors (Lipinski definition) is 2. The van der Waals surface area contributed by atoms with Gasteiger partial charge in [0.25, 0.3) is 0 Å². The van der Waals surface area contributed by atoms with Crippen LogP contribution in [0, 0.1) is 11.3 Å². The molecule has 0 aromatic rings. The van der Waals surface area contributed by atoms with Crippen LogP contribution in [0.15, 0.2) is 4.99 Å². The van der Waals surface area contributed by atoms with E-state index >= 15 is 0 Å². The zero-order valence-electron chi connectivity index (χ0n) is 18.5. The fraction of sp³-hybridized carbons (Fsp3) is 0.955. The predicted octanol–water partition coefficient (Wildman–Crippen LogP) is 3.65. The Balaban J connectivity index is 1.63. The van der Waals surface area contributed by atoms with E-state index < -0.39 is 0 Å². The first-order valence-corrected chi connectivity index (χ1v) is 11.2. The summed E-state index contributed by atoms with van der Waals surface area (Å²) in [6.45, 7) is 14.6. The Kier molecular flexibility index (Phi) is 9.37. The highest BCUT2D eigenvalue weighted by Crippen LogP contribution is 2.33. The number of likely N-dealkylation sites (tertiary alicyclic amines) is 1. The molecular weight excluding hydrogens is 336 g/mol. The molecule has 0 spiro atoms. The lowest BCUT2D eigenvalue weighted by atomic mass is 9.78. The first kappa shape index (κ1) is 22.5. The average molecular weight is 381 g/mol. The Morgan fingerprint density at radius 2 is 1.93 bits per heavy atom. The van der Waals surface area contributed by atoms with Gasteiger partial charge in [0.05, 0.1) is 6.10 Å². The summed E-state index contributed by atoms with van der Waals surface area (Å²) in [5.74, 6) is 1.48. The monoisotopic (exact) mass is 380 g/mol. The van der Waals surface area contributed by atoms with Gasteiger partial charge in [0.2, 0.25) is 0 Å². The number of piperidine rings is 1. The Labute approximate surface area is 167 Å². The van der Waals surface area contributed by atoms with Gasteiger partial charge in [-0.1, -0.05) is 27.2 Å². The van der Waals surface area contributed by atoms with Crippen LogP contribution >= 0.6 is 0 Å². The summed E-state index contributed by atoms with van der Waals surface area (Å²) >= 11 is 0. The number of nitrogens with zero attached hydrogens (tertiary/aromatic N) is 2. The maximum Gasteiger partial charge on any atom is 0.190 e. The van der Waals surface area contributed by atoms with Crippen LogP contribution in [0.1, 0.15) is 72.6 Å². The Hall–Kier alpha value is -0.810. The highest BCUT2D eigenvalue weighted by molar-refractivity contribution is 5.79. The van der Waals surface area contributed by atoms with Crippen LogP contribution in [-0.2, 0) is 4.74 Å². The molecule has 27 heavy (non-hydrogen) atoms. The van der Waals surface area contributed by atoms with E-state index in [9.17, 15) is 0 Å². The van der Waals surface area contributed by atoms with Gasteiger partial charge in [-0.2, -0.15) is 0 Å². The van der Waals surface area contributed by atoms with Crippen LogP contribution in [0.25, 0.3) is 0 Å². The molecular formula is C22H44N4O. The van der Waals surface area contributed by atoms with Crippen molar-refractivity contribution in [3.8, 4) is 0 Å². The molecule has 0 bridgehead atoms. The molecule has 0 aromatic carbocycles. The number of hydrogen-bond acceptors (Lipinski definition) is 3. The topological polar surface area (TPSA) is 48.9 Å². The van der Waals surface area contributed by atoms with E-state index in [2.05, 4.69) is 48.2 Å². The third-order valence-corrected chi connectivity index (χ3v) is 6.16. The predicted molar refractivity (Wildman–Crippen MR) is 115 cm³/mol. The fourth-order valence-electron chi connectivity index (χ4n) is 4.59. The van der Waals surface area contributed by atoms with Gasteiger partial charge in [0.15, 0.2) is 5.96 Å². The van der Waals surface area contributed by atoms with Crippen LogP contribution in [0.2, 0.25) is 0 Å². The van der Waals surface area contributed by atoms with Crippen LogP contribution < -0.4 is 10.6 Å². The van der Waals surface area contributed by atoms with E-state index in [0.29, 0.717) is 12.0 Å². The van der Waals surface area contributed by atoms with Crippen molar-refractivity contribution in [3.63, 3.8) is 0 Å². The Morgan fingerprint density at radius 3 is 2.63 bits per heavy atom. The molecule has 2 heterocycles. The third kappa shape index (κ3) is 7.61. The number of guanidine groups is 1. The molecule has 0 amide bonds. The maximum absolute atomic E-state index is 6.10. The zero-order valence-corrected chi connectivity index (χ0v) is 18.5. The molecule has 2 fully saturated rings. The molecule has 3 atom stereocenters. The van der Waals surface area contributed by atoms with Crippen LogP contribution in [0.5, 0.6) is 0 Å². The molecule has 0 saturated carbocycles. The smallest absolute Gasteiger partial charge is 0.190 e. The van der Waals surface area contributed by atoms with Gasteiger partial charge in [-0.05, 0) is 64.0 Å². The van der Waals surface area contributed by atoms with E-state index in [-0.39, 0.29) is 5.41 Å². The zero-order chi connectivity index (χ0) is 19.7. The normalized spacial score (nSPS) is 28.2. The van der Waals surface area contributed by atoms with E-state index in [4.69, 9.17) is 4.74 Å². The molecule has 2 saturated heterocycles. The molecule has 2 aliphatic rings. The van der Waals surface area contributed by atoms with Crippen molar-refractivity contribution < 1.29 is 4.74 Å². The lowest BCUT2D eigenvalue weighted by Crippen LogP contribution is -2.47. The molecule has 158 valence electrons. The summed E-state index contributed by atoms with van der Waals surface area (Å²) in [6, 6.07) is 0.773. The second-order valence-electron chi connectivity index (χ2n) is 9.53. The molecule has 0 aromatic heterocycles. The number of nitrogens with one attached hydrogen (secondary N) is 2. The van der Waals surface area contributed by atoms with Crippen molar-refractivity contribution in [1.82, 2.24) is 15.5 Å². The Morgan fingerprint density at radius 1 is 1.11 bits per heavy atom. The van der Waals surface area contributed by atoms with Gasteiger partial charge >= 0.3 is 0 Å². The van der Waals surface area contributed by atoms with Crippen molar-refractivity contribution in [2.75, 3.05) is 39.8 Å². The fourth-order valence-corrected chi connectivity index (χ4v) is 4.59. The van der Waals surface area contributed by atoms with Crippen molar-refractivity contribution in [2.45, 2.75) is 84.8 Å². The molecule has 0 aliphatic carbocycles. The number of unbranched alkanes of at least 4 members (excludes halogenated alkanes) is 1. The lowest BCUT2D eigenvalue weighted by Gasteiger charge is -2.40. The minimum absolute atomic E-state index is 0.190. The molecule has 5 nitrogen and oxygen atoms in total. The number of aliphatic imine (C=N–C) groups is 1. The second kappa shape index (κ2) is 11.3. The van der Waals surface area contributed by atoms with Crippen molar-refractivity contribution in [2.24, 2.45) is 16.3 Å². The third-order valence-electron chi connectivity index (χ3n) is 6.16. The number of rotatable bonds is 7. The molecule has 2 aliphatic heterocycles. The minimum Gasteiger partial charge on any atom is -0.377 e. The average Bonchev–Trinajstić information content (AvgIpc) is 2.65. The molecule has 2 N–H and O–H groups in total. The van der Waals surface area contributed by atoms with Crippen LogP contribution in [0.3, 0.4) is 0 Å². The lowest BCUT2D eigenvalue weighted by molar-refractivity contribution is -0.0835. The first-order valence-electron chi connectivity index (χ1n) is 11.2. The first-order chi connectivity index (χ1) is 12.9. The summed E-state index contributed by atoms with van der Waals surface area (Å²) in [6.07, 6.45) is 9.33. The second-order valence-corrected chi connectivity index (χ2v) is 9.53. The van der Waals surface area contributed by atoms with Gasteiger partial charge in [-0.3, -0.25) is 4.99 Å². The van der Waals surface area contributed by atoms with Crippen molar-refractivity contribution in [1.29, 1.82) is 0 Å². The van der Waals surface area contributed by atoms with Crippen LogP contribution in [0.4, 0.5) is 0 Å². The van der Waals surface area contributed by atoms with Crippen molar-refractivity contribution >= 4 is 5.96 Å². The van der Waals surface area contributed by atoms with Gasteiger partial charge in [0, 0.05) is 38.7 Å². The summed E-state index contributed by atoms with van der Waals surface area (Å²) < 4.78 is 6.10. The van der Waals surface area contributed by atoms with Crippen LogP contribution in [-0.4, -0.2) is 62.8 Å². The van der Waals surface area contributed by atoms with Gasteiger partial charge in [-0.15, -0.1) is 0 Å². The highest BCUT2D eigenvalue weighted by atomic mass is 16.5. The maximum atomic E-state index is 6.10. The summed E-state index contributed by atoms with van der Waals surface area (Å²) in [5, 5.41) is 7.03. The summed E-state index contributed by atoms with van der Waals surface area (Å²) in [5.41, 5.74) is 0.190. The highest BCUT2D eigenvalue weighted by Gasteiger charge is 2.35. The summed E-state index contributed by atoms with van der Waals surface area (Å²) in [7, 11) is 1.86. The van der Waals surface area contributed by atoms with E-state index in [1.807, 2.05) is 7.05 Å². The summed E-state index contributed by atoms with van der Waals surface area (Å²) in [4.78, 5) is 7.06. The van der Waals surface area contributed by atoms with E-state index in [0.717, 1.165) is 31.7 Å². The number of ether oxygens (including phenoxy) is 1. The minimum atomic E-state index is 0.190. The van der Waals surface area contributed by atoms with E-state index in [1.54, 1.807) is 0 Å². The Bertz CT molecular complexity index is 446. The van der Waals surface area contributed by atoms with Gasteiger partial charge < -0.3 is 20.3 Å². The van der Waals surface area contributed by atoms with Crippen molar-refractivity contribution in [3.05, 3.63) is 0 Å². The standard InChI is InChI=1S/C22H44N4O/c1-18-11-6-8-14-26(18)15-9-7-13-24-21(23-5)25-17-19-12-10-16-27-20(19)22(2,3)4/h18-20H,6-17H2,1-5H3,(H2,23,24,25). The SMILES string of the molecule is CN=C(NCCCCN1CCCCC1C)NCC1CCCOC1C(C)(C)C. The van der Waals surface area contributed by atoms with Gasteiger partial charge in [-0.25, -0.2) is 0 Å². The largest absolute Gasteiger partial charge is 0.377 e. The van der Waals surface area contributed by atoms with E-state index in [1.165, 1.54) is 58.0 Å². The van der Waals surface area contributed by atoms with Gasteiger partial charge in [0.1, 0.15) is 0 Å². The molecule has 3 unspecified atom stereocenters. The molecule has 5 heteroatoms.